The van der Waals surface area contributed by atoms with Gasteiger partial charge in [-0.25, -0.2) is 4.98 Å². The lowest BCUT2D eigenvalue weighted by atomic mass is 10.5. The van der Waals surface area contributed by atoms with Gasteiger partial charge in [0.25, 0.3) is 0 Å². The molecule has 0 aromatic carbocycles. The van der Waals surface area contributed by atoms with Gasteiger partial charge in [0, 0.05) is 10.3 Å². The lowest BCUT2D eigenvalue weighted by Crippen LogP contribution is -2.21. The summed E-state index contributed by atoms with van der Waals surface area (Å²) in [6, 6.07) is 0. The van der Waals surface area contributed by atoms with Crippen LogP contribution in [0.2, 0.25) is 0 Å². The van der Waals surface area contributed by atoms with Gasteiger partial charge in [-0.2, -0.15) is 0 Å². The fourth-order valence-corrected chi connectivity index (χ4v) is 1.20. The van der Waals surface area contributed by atoms with Crippen molar-refractivity contribution < 1.29 is 9.90 Å². The smallest absolute Gasteiger partial charge is 0.140 e. The highest BCUT2D eigenvalue weighted by atomic mass is 32.1. The number of aromatic nitrogens is 1. The van der Waals surface area contributed by atoms with Crippen LogP contribution >= 0.6 is 11.3 Å². The number of azide groups is 1. The number of rotatable bonds is 2. The fourth-order valence-electron chi connectivity index (χ4n) is 0.622. The summed E-state index contributed by atoms with van der Waals surface area (Å²) in [5.74, 6) is 3.74. The van der Waals surface area contributed by atoms with Gasteiger partial charge in [0.15, 0.2) is 0 Å². The van der Waals surface area contributed by atoms with Gasteiger partial charge in [-0.05, 0) is 11.5 Å². The third-order valence-electron chi connectivity index (χ3n) is 1.11. The average Bonchev–Trinajstić information content (AvgIpc) is 2.61. The van der Waals surface area contributed by atoms with Gasteiger partial charge in [0.05, 0.1) is 6.54 Å². The lowest BCUT2D eigenvalue weighted by molar-refractivity contribution is -0.255. The normalized spacial score (nSPS) is 8.29. The minimum Gasteiger partial charge on any atom is -0.542 e. The average molecular weight is 207 g/mol. The summed E-state index contributed by atoms with van der Waals surface area (Å²) in [5, 5.41) is 14.9. The minimum absolute atomic E-state index is 0.0364. The number of carbonyl (C=O) groups excluding carboxylic acids is 1. The van der Waals surface area contributed by atoms with E-state index in [0.717, 1.165) is 11.3 Å². The van der Waals surface area contributed by atoms with Gasteiger partial charge < -0.3 is 9.90 Å². The maximum atomic E-state index is 10.3. The standard InChI is InChI=1S/C7H4N4O2S/c8-11-9-3-1-2-5-4-14-6(10-5)7(12)13/h4H,3H2,(H,12,13)/p-1. The first kappa shape index (κ1) is 10.1. The second kappa shape index (κ2) is 4.87. The highest BCUT2D eigenvalue weighted by Crippen LogP contribution is 2.06. The highest BCUT2D eigenvalue weighted by molar-refractivity contribution is 7.11. The first-order valence-electron chi connectivity index (χ1n) is 3.40. The molecule has 0 bridgehead atoms. The third kappa shape index (κ3) is 2.79. The Balaban J connectivity index is 2.71. The SMILES string of the molecule is [N-]=[N+]=NCC#Cc1csc(C(=O)[O-])n1. The molecule has 14 heavy (non-hydrogen) atoms. The molecule has 0 atom stereocenters. The number of hydrogen-bond acceptors (Lipinski definition) is 5. The van der Waals surface area contributed by atoms with Crippen molar-refractivity contribution in [3.63, 3.8) is 0 Å². The molecular formula is C7H3N4O2S-. The van der Waals surface area contributed by atoms with E-state index in [9.17, 15) is 9.90 Å². The molecule has 0 fully saturated rings. The van der Waals surface area contributed by atoms with E-state index in [-0.39, 0.29) is 11.6 Å². The summed E-state index contributed by atoms with van der Waals surface area (Å²) in [7, 11) is 0. The van der Waals surface area contributed by atoms with Crippen LogP contribution in [0.5, 0.6) is 0 Å². The number of aromatic carboxylic acids is 1. The van der Waals surface area contributed by atoms with Gasteiger partial charge in [-0.1, -0.05) is 11.0 Å². The molecular weight excluding hydrogens is 204 g/mol. The zero-order valence-corrected chi connectivity index (χ0v) is 7.61. The predicted octanol–water partition coefficient (Wildman–Crippen LogP) is 0.168. The molecule has 0 N–H and O–H groups in total. The molecule has 0 unspecified atom stereocenters. The van der Waals surface area contributed by atoms with E-state index in [1.165, 1.54) is 5.38 Å². The molecule has 6 nitrogen and oxygen atoms in total. The molecule has 70 valence electrons. The van der Waals surface area contributed by atoms with Gasteiger partial charge in [-0.15, -0.1) is 11.3 Å². The van der Waals surface area contributed by atoms with Crippen LogP contribution in [-0.4, -0.2) is 17.5 Å². The van der Waals surface area contributed by atoms with Gasteiger partial charge in [-0.3, -0.25) is 0 Å². The van der Waals surface area contributed by atoms with Crippen LogP contribution in [0.3, 0.4) is 0 Å². The molecule has 0 saturated carbocycles. The Hall–Kier alpha value is -2.03. The Kier molecular flexibility index (Phi) is 3.49. The van der Waals surface area contributed by atoms with Crippen molar-refractivity contribution >= 4 is 17.3 Å². The number of carboxylic acid groups (broad SMARTS) is 1. The molecule has 0 spiro atoms. The van der Waals surface area contributed by atoms with E-state index in [1.807, 2.05) is 0 Å². The molecule has 1 aromatic rings. The Morgan fingerprint density at radius 1 is 1.86 bits per heavy atom. The fraction of sp³-hybridized carbons (Fsp3) is 0.143. The molecule has 0 saturated heterocycles. The van der Waals surface area contributed by atoms with Crippen LogP contribution in [-0.2, 0) is 0 Å². The third-order valence-corrected chi connectivity index (χ3v) is 1.93. The molecule has 1 rings (SSSR count). The summed E-state index contributed by atoms with van der Waals surface area (Å²) < 4.78 is 0. The molecule has 0 aliphatic carbocycles. The van der Waals surface area contributed by atoms with Crippen molar-refractivity contribution in [1.29, 1.82) is 0 Å². The first-order chi connectivity index (χ1) is 6.74. The largest absolute Gasteiger partial charge is 0.542 e. The van der Waals surface area contributed by atoms with E-state index >= 15 is 0 Å². The van der Waals surface area contributed by atoms with Crippen molar-refractivity contribution in [2.24, 2.45) is 5.11 Å². The number of thiazole rings is 1. The van der Waals surface area contributed by atoms with Crippen molar-refractivity contribution in [2.75, 3.05) is 6.54 Å². The Bertz CT molecular complexity index is 450. The zero-order valence-electron chi connectivity index (χ0n) is 6.80. The molecule has 0 amide bonds. The number of carbonyl (C=O) groups is 1. The summed E-state index contributed by atoms with van der Waals surface area (Å²) in [4.78, 5) is 16.5. The Morgan fingerprint density at radius 3 is 3.21 bits per heavy atom. The number of carboxylic acids is 1. The monoisotopic (exact) mass is 207 g/mol. The Labute approximate surface area is 82.8 Å². The minimum atomic E-state index is -1.32. The van der Waals surface area contributed by atoms with Gasteiger partial charge in [0.1, 0.15) is 16.7 Å². The van der Waals surface area contributed by atoms with Gasteiger partial charge >= 0.3 is 0 Å². The van der Waals surface area contributed by atoms with E-state index in [4.69, 9.17) is 5.53 Å². The van der Waals surface area contributed by atoms with E-state index in [0.29, 0.717) is 5.69 Å². The molecule has 1 aromatic heterocycles. The van der Waals surface area contributed by atoms with Crippen molar-refractivity contribution in [3.05, 3.63) is 26.5 Å². The topological polar surface area (TPSA) is 102 Å². The summed E-state index contributed by atoms with van der Waals surface area (Å²) in [5.41, 5.74) is 8.27. The van der Waals surface area contributed by atoms with Crippen molar-refractivity contribution in [2.45, 2.75) is 0 Å². The lowest BCUT2D eigenvalue weighted by Gasteiger charge is -1.90. The second-order valence-corrected chi connectivity index (χ2v) is 2.87. The maximum absolute atomic E-state index is 10.3. The van der Waals surface area contributed by atoms with Crippen LogP contribution in [0, 0.1) is 11.8 Å². The predicted molar refractivity (Wildman–Crippen MR) is 47.3 cm³/mol. The Morgan fingerprint density at radius 2 is 2.64 bits per heavy atom. The quantitative estimate of drug-likeness (QED) is 0.299. The molecule has 0 aliphatic rings. The zero-order chi connectivity index (χ0) is 10.4. The summed E-state index contributed by atoms with van der Waals surface area (Å²) >= 11 is 0.942. The molecule has 0 radical (unpaired) electrons. The summed E-state index contributed by atoms with van der Waals surface area (Å²) in [6.07, 6.45) is 0. The van der Waals surface area contributed by atoms with Crippen molar-refractivity contribution in [3.8, 4) is 11.8 Å². The molecule has 1 heterocycles. The van der Waals surface area contributed by atoms with E-state index in [2.05, 4.69) is 26.9 Å². The van der Waals surface area contributed by atoms with Crippen LogP contribution in [0.15, 0.2) is 10.5 Å². The van der Waals surface area contributed by atoms with Crippen molar-refractivity contribution in [1.82, 2.24) is 4.98 Å². The number of nitrogens with zero attached hydrogens (tertiary/aromatic N) is 4. The highest BCUT2D eigenvalue weighted by Gasteiger charge is 1.98. The molecule has 0 aliphatic heterocycles. The van der Waals surface area contributed by atoms with Crippen LogP contribution in [0.4, 0.5) is 0 Å². The first-order valence-corrected chi connectivity index (χ1v) is 4.28. The summed E-state index contributed by atoms with van der Waals surface area (Å²) in [6.45, 7) is 0.0364. The maximum Gasteiger partial charge on any atom is 0.140 e. The van der Waals surface area contributed by atoms with Crippen LogP contribution < -0.4 is 5.11 Å². The van der Waals surface area contributed by atoms with Gasteiger partial charge in [0.2, 0.25) is 0 Å². The van der Waals surface area contributed by atoms with E-state index < -0.39 is 5.97 Å². The second-order valence-electron chi connectivity index (χ2n) is 2.02. The van der Waals surface area contributed by atoms with Crippen LogP contribution in [0.25, 0.3) is 10.4 Å². The van der Waals surface area contributed by atoms with E-state index in [1.54, 1.807) is 0 Å². The van der Waals surface area contributed by atoms with Crippen LogP contribution in [0.1, 0.15) is 15.5 Å². The number of hydrogen-bond donors (Lipinski definition) is 0. The molecule has 7 heteroatoms.